The monoisotopic (exact) mass is 452 g/mol. The van der Waals surface area contributed by atoms with Crippen LogP contribution in [0.1, 0.15) is 25.0 Å². The Morgan fingerprint density at radius 1 is 0.710 bits per heavy atom. The number of hydrogen-bond donors (Lipinski definition) is 0. The summed E-state index contributed by atoms with van der Waals surface area (Å²) in [5.41, 5.74) is 1.62. The average Bonchev–Trinajstić information content (AvgIpc) is 2.77. The number of hydrogen-bond acceptors (Lipinski definition) is 8. The standard InChI is InChI=1S/C22H29O8P/c1-7-28-31(23,29-8-2)30-19-13-16(11-12-18(19)24-3)9-10-17-14-20(25-4)22(27-6)21(15-17)26-5/h9-15H,7-8H2,1-6H3/b10-9+. The minimum atomic E-state index is -3.76. The molecule has 0 radical (unpaired) electrons. The summed E-state index contributed by atoms with van der Waals surface area (Å²) in [6.07, 6.45) is 3.74. The predicted octanol–water partition coefficient (Wildman–Crippen LogP) is 5.45. The fourth-order valence-electron chi connectivity index (χ4n) is 2.78. The molecule has 0 saturated carbocycles. The molecule has 0 spiro atoms. The average molecular weight is 452 g/mol. The molecule has 0 bridgehead atoms. The molecule has 2 rings (SSSR count). The van der Waals surface area contributed by atoms with Gasteiger partial charge >= 0.3 is 7.82 Å². The zero-order chi connectivity index (χ0) is 22.9. The molecule has 0 heterocycles. The Morgan fingerprint density at radius 3 is 1.71 bits per heavy atom. The first-order valence-corrected chi connectivity index (χ1v) is 11.1. The summed E-state index contributed by atoms with van der Waals surface area (Å²) in [5.74, 6) is 2.28. The summed E-state index contributed by atoms with van der Waals surface area (Å²) < 4.78 is 50.2. The Balaban J connectivity index is 2.37. The summed E-state index contributed by atoms with van der Waals surface area (Å²) >= 11 is 0. The van der Waals surface area contributed by atoms with Gasteiger partial charge in [-0.2, -0.15) is 0 Å². The van der Waals surface area contributed by atoms with Gasteiger partial charge in [-0.25, -0.2) is 4.57 Å². The van der Waals surface area contributed by atoms with E-state index in [1.54, 1.807) is 47.3 Å². The van der Waals surface area contributed by atoms with Crippen LogP contribution in [0.5, 0.6) is 28.7 Å². The van der Waals surface area contributed by atoms with Gasteiger partial charge in [0.2, 0.25) is 5.75 Å². The highest BCUT2D eigenvalue weighted by Crippen LogP contribution is 2.51. The molecule has 8 nitrogen and oxygen atoms in total. The van der Waals surface area contributed by atoms with Crippen LogP contribution in [0.3, 0.4) is 0 Å². The van der Waals surface area contributed by atoms with E-state index in [1.165, 1.54) is 7.11 Å². The van der Waals surface area contributed by atoms with E-state index >= 15 is 0 Å². The van der Waals surface area contributed by atoms with Crippen LogP contribution >= 0.6 is 7.82 Å². The van der Waals surface area contributed by atoms with Crippen molar-refractivity contribution in [3.05, 3.63) is 41.5 Å². The van der Waals surface area contributed by atoms with Gasteiger partial charge in [-0.3, -0.25) is 9.05 Å². The molecule has 9 heteroatoms. The largest absolute Gasteiger partial charge is 0.530 e. The number of phosphoric ester groups is 1. The van der Waals surface area contributed by atoms with Crippen LogP contribution < -0.4 is 23.5 Å². The maximum atomic E-state index is 12.8. The molecule has 170 valence electrons. The second-order valence-corrected chi connectivity index (χ2v) is 7.67. The van der Waals surface area contributed by atoms with Gasteiger partial charge in [-0.15, -0.1) is 0 Å². The lowest BCUT2D eigenvalue weighted by molar-refractivity contribution is 0.166. The Kier molecular flexibility index (Phi) is 9.24. The first-order valence-electron chi connectivity index (χ1n) is 9.68. The lowest BCUT2D eigenvalue weighted by Gasteiger charge is -2.18. The van der Waals surface area contributed by atoms with Crippen LogP contribution in [0.15, 0.2) is 30.3 Å². The normalized spacial score (nSPS) is 11.4. The quantitative estimate of drug-likeness (QED) is 0.311. The zero-order valence-corrected chi connectivity index (χ0v) is 19.6. The van der Waals surface area contributed by atoms with Crippen molar-refractivity contribution in [2.24, 2.45) is 0 Å². The van der Waals surface area contributed by atoms with Crippen LogP contribution in [0, 0.1) is 0 Å². The molecule has 0 N–H and O–H groups in total. The van der Waals surface area contributed by atoms with E-state index in [9.17, 15) is 4.57 Å². The maximum absolute atomic E-state index is 12.8. The van der Waals surface area contributed by atoms with Crippen molar-refractivity contribution < 1.29 is 37.1 Å². The van der Waals surface area contributed by atoms with Crippen molar-refractivity contribution in [3.63, 3.8) is 0 Å². The van der Waals surface area contributed by atoms with E-state index in [4.69, 9.17) is 32.5 Å². The molecular weight excluding hydrogens is 423 g/mol. The van der Waals surface area contributed by atoms with Crippen LogP contribution in [-0.2, 0) is 13.6 Å². The molecule has 0 aliphatic heterocycles. The van der Waals surface area contributed by atoms with Crippen LogP contribution in [0.25, 0.3) is 12.2 Å². The van der Waals surface area contributed by atoms with Gasteiger partial charge in [0.1, 0.15) is 0 Å². The van der Waals surface area contributed by atoms with E-state index in [-0.39, 0.29) is 19.0 Å². The second kappa shape index (κ2) is 11.6. The van der Waals surface area contributed by atoms with Crippen molar-refractivity contribution in [3.8, 4) is 28.7 Å². The first-order chi connectivity index (χ1) is 14.9. The molecule has 0 amide bonds. The molecule has 2 aromatic rings. The third-order valence-corrected chi connectivity index (χ3v) is 5.70. The van der Waals surface area contributed by atoms with E-state index in [0.29, 0.717) is 23.0 Å². The third-order valence-electron chi connectivity index (χ3n) is 4.13. The van der Waals surface area contributed by atoms with Crippen LogP contribution in [0.2, 0.25) is 0 Å². The maximum Gasteiger partial charge on any atom is 0.530 e. The lowest BCUT2D eigenvalue weighted by atomic mass is 10.1. The number of phosphoric acid groups is 1. The van der Waals surface area contributed by atoms with Crippen molar-refractivity contribution in [2.45, 2.75) is 13.8 Å². The highest BCUT2D eigenvalue weighted by Gasteiger charge is 2.28. The lowest BCUT2D eigenvalue weighted by Crippen LogP contribution is -2.03. The Labute approximate surface area is 183 Å². The minimum Gasteiger partial charge on any atom is -0.493 e. The van der Waals surface area contributed by atoms with Crippen LogP contribution in [0.4, 0.5) is 0 Å². The molecule has 2 aromatic carbocycles. The zero-order valence-electron chi connectivity index (χ0n) is 18.7. The highest BCUT2D eigenvalue weighted by atomic mass is 31.2. The predicted molar refractivity (Wildman–Crippen MR) is 120 cm³/mol. The molecule has 0 atom stereocenters. The van der Waals surface area contributed by atoms with E-state index in [1.807, 2.05) is 30.4 Å². The van der Waals surface area contributed by atoms with Crippen molar-refractivity contribution >= 4 is 20.0 Å². The smallest absolute Gasteiger partial charge is 0.493 e. The minimum absolute atomic E-state index is 0.181. The van der Waals surface area contributed by atoms with E-state index in [0.717, 1.165) is 11.1 Å². The van der Waals surface area contributed by atoms with Gasteiger partial charge in [0.05, 0.1) is 41.7 Å². The second-order valence-electron chi connectivity index (χ2n) is 6.08. The Morgan fingerprint density at radius 2 is 1.23 bits per heavy atom. The van der Waals surface area contributed by atoms with E-state index < -0.39 is 7.82 Å². The van der Waals surface area contributed by atoms with Gasteiger partial charge in [0.25, 0.3) is 0 Å². The SMILES string of the molecule is CCOP(=O)(OCC)Oc1cc(/C=C/c2cc(OC)c(OC)c(OC)c2)ccc1OC. The third kappa shape index (κ3) is 6.40. The van der Waals surface area contributed by atoms with Gasteiger partial charge < -0.3 is 23.5 Å². The fraction of sp³-hybridized carbons (Fsp3) is 0.364. The molecule has 31 heavy (non-hydrogen) atoms. The van der Waals surface area contributed by atoms with Crippen molar-refractivity contribution in [2.75, 3.05) is 41.7 Å². The molecular formula is C22H29O8P. The number of rotatable bonds is 12. The van der Waals surface area contributed by atoms with Gasteiger partial charge in [-0.1, -0.05) is 18.2 Å². The summed E-state index contributed by atoms with van der Waals surface area (Å²) in [4.78, 5) is 0. The molecule has 0 saturated heterocycles. The number of methoxy groups -OCH3 is 4. The van der Waals surface area contributed by atoms with Gasteiger partial charge in [0, 0.05) is 0 Å². The first kappa shape index (κ1) is 24.6. The number of benzene rings is 2. The topological polar surface area (TPSA) is 81.7 Å². The summed E-state index contributed by atoms with van der Waals surface area (Å²) in [7, 11) is 2.42. The number of ether oxygens (including phenoxy) is 4. The van der Waals surface area contributed by atoms with Gasteiger partial charge in [-0.05, 0) is 49.2 Å². The van der Waals surface area contributed by atoms with Crippen molar-refractivity contribution in [1.82, 2.24) is 0 Å². The van der Waals surface area contributed by atoms with E-state index in [2.05, 4.69) is 0 Å². The van der Waals surface area contributed by atoms with Gasteiger partial charge in [0.15, 0.2) is 23.0 Å². The molecule has 0 aliphatic rings. The highest BCUT2D eigenvalue weighted by molar-refractivity contribution is 7.48. The van der Waals surface area contributed by atoms with Crippen LogP contribution in [-0.4, -0.2) is 41.7 Å². The molecule has 0 aromatic heterocycles. The summed E-state index contributed by atoms with van der Waals surface area (Å²) in [6, 6.07) is 8.91. The van der Waals surface area contributed by atoms with Crippen molar-refractivity contribution in [1.29, 1.82) is 0 Å². The fourth-order valence-corrected chi connectivity index (χ4v) is 3.98. The summed E-state index contributed by atoms with van der Waals surface area (Å²) in [6.45, 7) is 3.78. The Bertz CT molecular complexity index is 906. The molecule has 0 unspecified atom stereocenters. The summed E-state index contributed by atoms with van der Waals surface area (Å²) in [5, 5.41) is 0. The molecule has 0 fully saturated rings. The Hall–Kier alpha value is -2.67. The molecule has 0 aliphatic carbocycles.